The van der Waals surface area contributed by atoms with Crippen molar-refractivity contribution >= 4 is 38.0 Å². The van der Waals surface area contributed by atoms with Crippen molar-refractivity contribution in [3.63, 3.8) is 0 Å². The molecule has 114 valence electrons. The first-order valence-electron chi connectivity index (χ1n) is 7.57. The zero-order valence-corrected chi connectivity index (χ0v) is 13.3. The number of benzene rings is 3. The summed E-state index contributed by atoms with van der Waals surface area (Å²) in [5.41, 5.74) is 1.57. The van der Waals surface area contributed by atoms with Crippen molar-refractivity contribution in [2.75, 3.05) is 0 Å². The van der Waals surface area contributed by atoms with E-state index in [-0.39, 0.29) is 5.56 Å². The molecule has 0 radical (unpaired) electrons. The summed E-state index contributed by atoms with van der Waals surface area (Å²) in [4.78, 5) is 17.8. The summed E-state index contributed by atoms with van der Waals surface area (Å²) in [5, 5.41) is 8.22. The quantitative estimate of drug-likeness (QED) is 0.465. The van der Waals surface area contributed by atoms with Gasteiger partial charge in [0.05, 0.1) is 10.9 Å². The molecule has 0 aliphatic heterocycles. The Morgan fingerprint density at radius 2 is 1.67 bits per heavy atom. The number of hydrogen-bond acceptors (Lipinski definition) is 4. The van der Waals surface area contributed by atoms with E-state index < -0.39 is 0 Å². The Bertz CT molecular complexity index is 1290. The lowest BCUT2D eigenvalue weighted by Crippen LogP contribution is -2.14. The van der Waals surface area contributed by atoms with E-state index >= 15 is 0 Å². The molecule has 0 saturated heterocycles. The minimum atomic E-state index is -0.126. The first-order valence-corrected chi connectivity index (χ1v) is 8.39. The number of fused-ring (bicyclic) bond motifs is 3. The van der Waals surface area contributed by atoms with Crippen molar-refractivity contribution in [1.29, 1.82) is 0 Å². The van der Waals surface area contributed by atoms with Gasteiger partial charge in [0.15, 0.2) is 0 Å². The second-order valence-electron chi connectivity index (χ2n) is 5.60. The molecule has 4 nitrogen and oxygen atoms in total. The van der Waals surface area contributed by atoms with Gasteiger partial charge in [-0.15, -0.1) is 0 Å². The highest BCUT2D eigenvalue weighted by molar-refractivity contribution is 7.19. The molecule has 2 heterocycles. The van der Waals surface area contributed by atoms with Gasteiger partial charge in [-0.3, -0.25) is 4.79 Å². The van der Waals surface area contributed by atoms with E-state index in [1.54, 1.807) is 6.07 Å². The van der Waals surface area contributed by atoms with Crippen molar-refractivity contribution in [1.82, 2.24) is 14.6 Å². The van der Waals surface area contributed by atoms with Crippen molar-refractivity contribution in [3.8, 4) is 10.6 Å². The topological polar surface area (TPSA) is 47.3 Å². The predicted molar refractivity (Wildman–Crippen MR) is 97.6 cm³/mol. The molecule has 0 aliphatic rings. The van der Waals surface area contributed by atoms with Gasteiger partial charge in [-0.1, -0.05) is 59.9 Å². The molecule has 0 aliphatic carbocycles. The molecule has 0 fully saturated rings. The Balaban J connectivity index is 1.78. The van der Waals surface area contributed by atoms with E-state index in [1.807, 2.05) is 36.4 Å². The Morgan fingerprint density at radius 1 is 0.875 bits per heavy atom. The minimum absolute atomic E-state index is 0.126. The highest BCUT2D eigenvalue weighted by Gasteiger charge is 2.12. The molecular weight excluding hydrogens is 318 g/mol. The van der Waals surface area contributed by atoms with Gasteiger partial charge in [-0.25, -0.2) is 4.98 Å². The number of hydrogen-bond donors (Lipinski definition) is 0. The fourth-order valence-electron chi connectivity index (χ4n) is 2.89. The summed E-state index contributed by atoms with van der Waals surface area (Å²) >= 11 is 1.43. The molecule has 24 heavy (non-hydrogen) atoms. The fourth-order valence-corrected chi connectivity index (χ4v) is 3.79. The van der Waals surface area contributed by atoms with Crippen LogP contribution in [-0.2, 0) is 0 Å². The number of nitrogens with zero attached hydrogens (tertiary/aromatic N) is 3. The van der Waals surface area contributed by atoms with Crippen LogP contribution in [0.5, 0.6) is 0 Å². The SMILES string of the molecule is O=c1c2ccccc2nc2sc(-c3ccc4ccccc4c3)nn12. The first kappa shape index (κ1) is 13.4. The van der Waals surface area contributed by atoms with Crippen molar-refractivity contribution < 1.29 is 0 Å². The normalized spacial score (nSPS) is 11.5. The van der Waals surface area contributed by atoms with Gasteiger partial charge in [-0.2, -0.15) is 9.61 Å². The molecule has 5 heteroatoms. The Hall–Kier alpha value is -3.05. The highest BCUT2D eigenvalue weighted by atomic mass is 32.1. The molecule has 0 saturated carbocycles. The van der Waals surface area contributed by atoms with Crippen LogP contribution in [0.4, 0.5) is 0 Å². The zero-order valence-electron chi connectivity index (χ0n) is 12.5. The van der Waals surface area contributed by atoms with Crippen molar-refractivity contribution in [3.05, 3.63) is 77.1 Å². The third kappa shape index (κ3) is 1.95. The van der Waals surface area contributed by atoms with Gasteiger partial charge < -0.3 is 0 Å². The minimum Gasteiger partial charge on any atom is -0.267 e. The molecule has 5 aromatic rings. The molecule has 2 aromatic heterocycles. The number of rotatable bonds is 1. The molecule has 0 spiro atoms. The van der Waals surface area contributed by atoms with Crippen LogP contribution in [0.25, 0.3) is 37.2 Å². The van der Waals surface area contributed by atoms with Crippen LogP contribution in [0.1, 0.15) is 0 Å². The van der Waals surface area contributed by atoms with Gasteiger partial charge in [0, 0.05) is 5.56 Å². The van der Waals surface area contributed by atoms with Crippen LogP contribution in [0.2, 0.25) is 0 Å². The molecule has 3 aromatic carbocycles. The summed E-state index contributed by atoms with van der Waals surface area (Å²) in [6.45, 7) is 0. The average Bonchev–Trinajstić information content (AvgIpc) is 3.06. The number of aromatic nitrogens is 3. The Kier molecular flexibility index (Phi) is 2.78. The molecule has 0 unspecified atom stereocenters. The van der Waals surface area contributed by atoms with Crippen molar-refractivity contribution in [2.45, 2.75) is 0 Å². The summed E-state index contributed by atoms with van der Waals surface area (Å²) in [6, 6.07) is 21.8. The van der Waals surface area contributed by atoms with Gasteiger partial charge in [0.2, 0.25) is 4.96 Å². The predicted octanol–water partition coefficient (Wildman–Crippen LogP) is 4.12. The largest absolute Gasteiger partial charge is 0.283 e. The van der Waals surface area contributed by atoms with Gasteiger partial charge in [-0.05, 0) is 29.0 Å². The van der Waals surface area contributed by atoms with E-state index in [2.05, 4.69) is 34.3 Å². The lowest BCUT2D eigenvalue weighted by atomic mass is 10.1. The lowest BCUT2D eigenvalue weighted by molar-refractivity contribution is 0.920. The summed E-state index contributed by atoms with van der Waals surface area (Å²) < 4.78 is 1.40. The first-order chi connectivity index (χ1) is 11.8. The van der Waals surface area contributed by atoms with Crippen LogP contribution in [0.15, 0.2) is 71.5 Å². The van der Waals surface area contributed by atoms with E-state index in [0.717, 1.165) is 16.0 Å². The highest BCUT2D eigenvalue weighted by Crippen LogP contribution is 2.28. The second-order valence-corrected chi connectivity index (χ2v) is 6.55. The van der Waals surface area contributed by atoms with Crippen LogP contribution >= 0.6 is 11.3 Å². The molecule has 0 bridgehead atoms. The maximum atomic E-state index is 12.6. The van der Waals surface area contributed by atoms with Gasteiger partial charge >= 0.3 is 0 Å². The second kappa shape index (κ2) is 4.97. The smallest absolute Gasteiger partial charge is 0.267 e. The maximum absolute atomic E-state index is 12.6. The van der Waals surface area contributed by atoms with E-state index in [4.69, 9.17) is 0 Å². The number of para-hydroxylation sites is 1. The summed E-state index contributed by atoms with van der Waals surface area (Å²) in [5.74, 6) is 0. The molecule has 0 atom stereocenters. The van der Waals surface area contributed by atoms with E-state index in [0.29, 0.717) is 15.9 Å². The lowest BCUT2D eigenvalue weighted by Gasteiger charge is -1.99. The van der Waals surface area contributed by atoms with E-state index in [9.17, 15) is 4.79 Å². The third-order valence-corrected chi connectivity index (χ3v) is 5.06. The standard InChI is InChI=1S/C19H11N3OS/c23-18-15-7-3-4-8-16(15)20-19-22(18)21-17(24-19)14-10-9-12-5-1-2-6-13(12)11-14/h1-11H. The fraction of sp³-hybridized carbons (Fsp3) is 0. The third-order valence-electron chi connectivity index (χ3n) is 4.10. The summed E-state index contributed by atoms with van der Waals surface area (Å²) in [6.07, 6.45) is 0. The molecule has 5 rings (SSSR count). The maximum Gasteiger partial charge on any atom is 0.283 e. The monoisotopic (exact) mass is 329 g/mol. The Morgan fingerprint density at radius 3 is 2.58 bits per heavy atom. The van der Waals surface area contributed by atoms with Crippen LogP contribution < -0.4 is 5.56 Å². The van der Waals surface area contributed by atoms with E-state index in [1.165, 1.54) is 21.2 Å². The summed E-state index contributed by atoms with van der Waals surface area (Å²) in [7, 11) is 0. The average molecular weight is 329 g/mol. The van der Waals surface area contributed by atoms with Crippen LogP contribution in [0.3, 0.4) is 0 Å². The Labute approximate surface area is 140 Å². The molecule has 0 N–H and O–H groups in total. The van der Waals surface area contributed by atoms with Crippen LogP contribution in [0, 0.1) is 0 Å². The van der Waals surface area contributed by atoms with Crippen LogP contribution in [-0.4, -0.2) is 14.6 Å². The molecular formula is C19H11N3OS. The van der Waals surface area contributed by atoms with Gasteiger partial charge in [0.1, 0.15) is 5.01 Å². The van der Waals surface area contributed by atoms with Gasteiger partial charge in [0.25, 0.3) is 5.56 Å². The zero-order chi connectivity index (χ0) is 16.1. The molecule has 0 amide bonds. The van der Waals surface area contributed by atoms with Crippen molar-refractivity contribution in [2.24, 2.45) is 0 Å².